The first-order valence-corrected chi connectivity index (χ1v) is 11.6. The molecule has 4 rings (SSSR count). The molecule has 29 heavy (non-hydrogen) atoms. The highest BCUT2D eigenvalue weighted by Gasteiger charge is 2.23. The minimum absolute atomic E-state index is 0.0513. The van der Waals surface area contributed by atoms with Crippen molar-refractivity contribution in [2.45, 2.75) is 63.8 Å². The molecule has 2 amide bonds. The third kappa shape index (κ3) is 5.73. The number of amides is 2. The van der Waals surface area contributed by atoms with Crippen molar-refractivity contribution in [3.05, 3.63) is 52.2 Å². The fraction of sp³-hybridized carbons (Fsp3) is 0.522. The summed E-state index contributed by atoms with van der Waals surface area (Å²) in [4.78, 5) is 16.1. The second-order valence-electron chi connectivity index (χ2n) is 7.89. The first-order chi connectivity index (χ1) is 14.3. The molecular weight excluding hydrogens is 384 g/mol. The Morgan fingerprint density at radius 1 is 1.14 bits per heavy atom. The number of nitrogens with one attached hydrogen (secondary N) is 1. The summed E-state index contributed by atoms with van der Waals surface area (Å²) < 4.78 is 12.0. The van der Waals surface area contributed by atoms with Gasteiger partial charge in [-0.05, 0) is 56.0 Å². The molecule has 1 saturated carbocycles. The predicted molar refractivity (Wildman–Crippen MR) is 115 cm³/mol. The molecular formula is C23H30N2O3S. The van der Waals surface area contributed by atoms with Gasteiger partial charge in [0.05, 0.1) is 18.8 Å². The maximum absolute atomic E-state index is 13.0. The summed E-state index contributed by atoms with van der Waals surface area (Å²) >= 11 is 1.68. The second-order valence-corrected chi connectivity index (χ2v) is 8.92. The van der Waals surface area contributed by atoms with Crippen LogP contribution in [0.5, 0.6) is 5.75 Å². The molecule has 2 aliphatic rings. The van der Waals surface area contributed by atoms with Crippen LogP contribution in [0.2, 0.25) is 0 Å². The van der Waals surface area contributed by atoms with Crippen molar-refractivity contribution < 1.29 is 14.3 Å². The molecule has 6 heteroatoms. The predicted octanol–water partition coefficient (Wildman–Crippen LogP) is 4.96. The van der Waals surface area contributed by atoms with Crippen LogP contribution < -0.4 is 10.1 Å². The van der Waals surface area contributed by atoms with E-state index in [4.69, 9.17) is 9.47 Å². The number of carbonyl (C=O) groups is 1. The molecule has 0 bridgehead atoms. The Balaban J connectivity index is 1.38. The van der Waals surface area contributed by atoms with Gasteiger partial charge in [-0.2, -0.15) is 0 Å². The lowest BCUT2D eigenvalue weighted by molar-refractivity contribution is 0.0796. The quantitative estimate of drug-likeness (QED) is 0.664. The minimum Gasteiger partial charge on any atom is -0.490 e. The molecule has 2 heterocycles. The number of benzene rings is 1. The zero-order valence-corrected chi connectivity index (χ0v) is 17.7. The number of hydrogen-bond donors (Lipinski definition) is 1. The SMILES string of the molecule is O=C(NCc1ccccc1OC1CCCC1)N(Cc1cccs1)CC1CCCO1. The molecule has 1 aliphatic heterocycles. The number of thiophene rings is 1. The van der Waals surface area contributed by atoms with Gasteiger partial charge in [0.2, 0.25) is 0 Å². The van der Waals surface area contributed by atoms with E-state index in [-0.39, 0.29) is 12.1 Å². The maximum Gasteiger partial charge on any atom is 0.318 e. The monoisotopic (exact) mass is 414 g/mol. The summed E-state index contributed by atoms with van der Waals surface area (Å²) in [5.41, 5.74) is 1.03. The summed E-state index contributed by atoms with van der Waals surface area (Å²) in [6.45, 7) is 2.51. The molecule has 1 N–H and O–H groups in total. The van der Waals surface area contributed by atoms with Gasteiger partial charge in [0.1, 0.15) is 5.75 Å². The number of nitrogens with zero attached hydrogens (tertiary/aromatic N) is 1. The maximum atomic E-state index is 13.0. The number of hydrogen-bond acceptors (Lipinski definition) is 4. The lowest BCUT2D eigenvalue weighted by Crippen LogP contribution is -2.43. The summed E-state index contributed by atoms with van der Waals surface area (Å²) in [6, 6.07) is 12.1. The van der Waals surface area contributed by atoms with E-state index < -0.39 is 0 Å². The van der Waals surface area contributed by atoms with Crippen LogP contribution in [0.3, 0.4) is 0 Å². The van der Waals surface area contributed by atoms with Crippen LogP contribution in [-0.4, -0.2) is 36.3 Å². The van der Waals surface area contributed by atoms with Gasteiger partial charge >= 0.3 is 6.03 Å². The first kappa shape index (κ1) is 20.2. The van der Waals surface area contributed by atoms with Crippen LogP contribution in [0.1, 0.15) is 49.0 Å². The number of ether oxygens (including phenoxy) is 2. The van der Waals surface area contributed by atoms with Crippen molar-refractivity contribution in [3.8, 4) is 5.75 Å². The van der Waals surface area contributed by atoms with Crippen molar-refractivity contribution in [1.82, 2.24) is 10.2 Å². The zero-order valence-electron chi connectivity index (χ0n) is 16.8. The molecule has 2 aromatic rings. The Morgan fingerprint density at radius 2 is 2.00 bits per heavy atom. The Kier molecular flexibility index (Phi) is 7.06. The van der Waals surface area contributed by atoms with E-state index in [1.807, 2.05) is 40.6 Å². The van der Waals surface area contributed by atoms with Crippen molar-refractivity contribution in [3.63, 3.8) is 0 Å². The van der Waals surface area contributed by atoms with Crippen LogP contribution in [0, 0.1) is 0 Å². The fourth-order valence-electron chi connectivity index (χ4n) is 4.08. The molecule has 1 aliphatic carbocycles. The third-order valence-corrected chi connectivity index (χ3v) is 6.52. The van der Waals surface area contributed by atoms with Gasteiger partial charge in [0.25, 0.3) is 0 Å². The lowest BCUT2D eigenvalue weighted by atomic mass is 10.2. The van der Waals surface area contributed by atoms with Crippen molar-refractivity contribution >= 4 is 17.4 Å². The molecule has 2 fully saturated rings. The average molecular weight is 415 g/mol. The van der Waals surface area contributed by atoms with Gasteiger partial charge in [0.15, 0.2) is 0 Å². The molecule has 0 radical (unpaired) electrons. The molecule has 1 aromatic heterocycles. The summed E-state index contributed by atoms with van der Waals surface area (Å²) in [6.07, 6.45) is 7.26. The van der Waals surface area contributed by atoms with Crippen LogP contribution in [0.25, 0.3) is 0 Å². The van der Waals surface area contributed by atoms with E-state index in [1.165, 1.54) is 17.7 Å². The third-order valence-electron chi connectivity index (χ3n) is 5.66. The number of carbonyl (C=O) groups excluding carboxylic acids is 1. The van der Waals surface area contributed by atoms with Gasteiger partial charge in [-0.3, -0.25) is 0 Å². The van der Waals surface area contributed by atoms with Gasteiger partial charge in [-0.15, -0.1) is 11.3 Å². The number of rotatable bonds is 8. The molecule has 5 nitrogen and oxygen atoms in total. The van der Waals surface area contributed by atoms with E-state index in [1.54, 1.807) is 11.3 Å². The zero-order chi connectivity index (χ0) is 19.9. The second kappa shape index (κ2) is 10.1. The van der Waals surface area contributed by atoms with E-state index in [9.17, 15) is 4.79 Å². The molecule has 1 atom stereocenters. The molecule has 0 spiro atoms. The molecule has 1 aromatic carbocycles. The van der Waals surface area contributed by atoms with Crippen LogP contribution in [0.15, 0.2) is 41.8 Å². The first-order valence-electron chi connectivity index (χ1n) is 10.7. The molecule has 1 saturated heterocycles. The highest BCUT2D eigenvalue weighted by Crippen LogP contribution is 2.26. The van der Waals surface area contributed by atoms with E-state index in [0.29, 0.717) is 25.7 Å². The molecule has 156 valence electrons. The van der Waals surface area contributed by atoms with Crippen molar-refractivity contribution in [2.75, 3.05) is 13.2 Å². The standard InChI is InChI=1S/C23H30N2O3S/c26-23(25(16-20-10-5-13-27-20)17-21-11-6-14-29-21)24-15-18-7-1-4-12-22(18)28-19-8-2-3-9-19/h1,4,6-7,11-12,14,19-20H,2-3,5,8-10,13,15-17H2,(H,24,26). The summed E-state index contributed by atoms with van der Waals surface area (Å²) in [5, 5.41) is 5.16. The van der Waals surface area contributed by atoms with Gasteiger partial charge in [-0.1, -0.05) is 24.3 Å². The van der Waals surface area contributed by atoms with E-state index >= 15 is 0 Å². The van der Waals surface area contributed by atoms with Gasteiger partial charge < -0.3 is 19.7 Å². The summed E-state index contributed by atoms with van der Waals surface area (Å²) in [7, 11) is 0. The number of urea groups is 1. The normalized spacial score (nSPS) is 19.4. The minimum atomic E-state index is -0.0513. The Labute approximate surface area is 177 Å². The number of para-hydroxylation sites is 1. The highest BCUT2D eigenvalue weighted by atomic mass is 32.1. The lowest BCUT2D eigenvalue weighted by Gasteiger charge is -2.25. The van der Waals surface area contributed by atoms with E-state index in [0.717, 1.165) is 43.6 Å². The van der Waals surface area contributed by atoms with Gasteiger partial charge in [-0.25, -0.2) is 4.79 Å². The van der Waals surface area contributed by atoms with Crippen molar-refractivity contribution in [2.24, 2.45) is 0 Å². The van der Waals surface area contributed by atoms with Gasteiger partial charge in [0, 0.05) is 30.1 Å². The Morgan fingerprint density at radius 3 is 2.76 bits per heavy atom. The average Bonchev–Trinajstić information content (AvgIpc) is 3.51. The molecule has 1 unspecified atom stereocenters. The Bertz CT molecular complexity index is 768. The van der Waals surface area contributed by atoms with Crippen LogP contribution >= 0.6 is 11.3 Å². The largest absolute Gasteiger partial charge is 0.490 e. The fourth-order valence-corrected chi connectivity index (χ4v) is 4.80. The van der Waals surface area contributed by atoms with E-state index in [2.05, 4.69) is 11.4 Å². The van der Waals surface area contributed by atoms with Crippen LogP contribution in [-0.2, 0) is 17.8 Å². The highest BCUT2D eigenvalue weighted by molar-refractivity contribution is 7.09. The van der Waals surface area contributed by atoms with Crippen molar-refractivity contribution in [1.29, 1.82) is 0 Å². The van der Waals surface area contributed by atoms with Crippen LogP contribution in [0.4, 0.5) is 4.79 Å². The smallest absolute Gasteiger partial charge is 0.318 e. The Hall–Kier alpha value is -2.05. The summed E-state index contributed by atoms with van der Waals surface area (Å²) in [5.74, 6) is 0.892. The topological polar surface area (TPSA) is 50.8 Å².